The van der Waals surface area contributed by atoms with E-state index in [-0.39, 0.29) is 23.8 Å². The van der Waals surface area contributed by atoms with Gasteiger partial charge in [0, 0.05) is 32.1 Å². The van der Waals surface area contributed by atoms with E-state index in [0.717, 1.165) is 38.5 Å². The van der Waals surface area contributed by atoms with Gasteiger partial charge in [-0.1, -0.05) is 73.5 Å². The molecule has 1 fully saturated rings. The number of alkyl halides is 2. The number of carbonyl (C=O) groups is 3. The zero-order valence-corrected chi connectivity index (χ0v) is 22.2. The molecule has 2 aliphatic rings. The predicted octanol–water partition coefficient (Wildman–Crippen LogP) is 4.45. The van der Waals surface area contributed by atoms with Crippen LogP contribution in [0, 0.1) is 5.92 Å². The molecule has 1 saturated carbocycles. The Morgan fingerprint density at radius 1 is 1.05 bits per heavy atom. The number of benzene rings is 2. The highest BCUT2D eigenvalue weighted by molar-refractivity contribution is 5.88. The van der Waals surface area contributed by atoms with Crippen LogP contribution in [0.1, 0.15) is 55.7 Å². The Bertz CT molecular complexity index is 1120. The van der Waals surface area contributed by atoms with Gasteiger partial charge in [0.25, 0.3) is 0 Å². The van der Waals surface area contributed by atoms with Crippen molar-refractivity contribution in [1.82, 2.24) is 10.2 Å². The Balaban J connectivity index is 0.000000532. The van der Waals surface area contributed by atoms with Crippen molar-refractivity contribution in [2.45, 2.75) is 76.5 Å². The van der Waals surface area contributed by atoms with Crippen molar-refractivity contribution in [2.24, 2.45) is 11.7 Å². The number of hydrogen-bond donors (Lipinski definition) is 3. The minimum Gasteiger partial charge on any atom is -0.477 e. The fourth-order valence-electron chi connectivity index (χ4n) is 4.79. The van der Waals surface area contributed by atoms with Gasteiger partial charge in [-0.15, -0.1) is 0 Å². The Kier molecular flexibility index (Phi) is 10.7. The van der Waals surface area contributed by atoms with Crippen molar-refractivity contribution in [3.8, 4) is 0 Å². The lowest BCUT2D eigenvalue weighted by Gasteiger charge is -2.22. The Morgan fingerprint density at radius 2 is 1.59 bits per heavy atom. The molecular formula is C30H37F2N3O4. The van der Waals surface area contributed by atoms with Crippen LogP contribution in [0.3, 0.4) is 0 Å². The molecule has 2 aromatic carbocycles. The molecule has 0 radical (unpaired) electrons. The maximum Gasteiger partial charge on any atom is 0.374 e. The first-order chi connectivity index (χ1) is 18.5. The first-order valence-corrected chi connectivity index (χ1v) is 13.3. The normalized spacial score (nSPS) is 16.8. The lowest BCUT2D eigenvalue weighted by Crippen LogP contribution is -2.48. The van der Waals surface area contributed by atoms with Crippen molar-refractivity contribution < 1.29 is 28.3 Å². The molecule has 0 spiro atoms. The van der Waals surface area contributed by atoms with Gasteiger partial charge in [0.15, 0.2) is 0 Å². The molecule has 9 heteroatoms. The van der Waals surface area contributed by atoms with Crippen LogP contribution in [0.2, 0.25) is 0 Å². The van der Waals surface area contributed by atoms with Crippen molar-refractivity contribution >= 4 is 17.8 Å². The summed E-state index contributed by atoms with van der Waals surface area (Å²) in [4.78, 5) is 36.8. The van der Waals surface area contributed by atoms with Gasteiger partial charge < -0.3 is 21.1 Å². The second-order valence-corrected chi connectivity index (χ2v) is 10.2. The number of fused-ring (bicyclic) bond motifs is 1. The third-order valence-electron chi connectivity index (χ3n) is 7.12. The number of carbonyl (C=O) groups excluding carboxylic acids is 2. The van der Waals surface area contributed by atoms with E-state index >= 15 is 0 Å². The van der Waals surface area contributed by atoms with Crippen LogP contribution in [0.25, 0.3) is 0 Å². The number of amides is 2. The summed E-state index contributed by atoms with van der Waals surface area (Å²) in [5.74, 6) is -5.55. The van der Waals surface area contributed by atoms with E-state index in [1.807, 2.05) is 41.3 Å². The molecule has 1 aliphatic heterocycles. The van der Waals surface area contributed by atoms with Gasteiger partial charge >= 0.3 is 11.9 Å². The highest BCUT2D eigenvalue weighted by atomic mass is 19.3. The zero-order chi connectivity index (χ0) is 28.4. The topological polar surface area (TPSA) is 113 Å². The summed E-state index contributed by atoms with van der Waals surface area (Å²) in [5, 5.41) is 10.6. The highest BCUT2D eigenvalue weighted by Crippen LogP contribution is 2.27. The molecular weight excluding hydrogens is 504 g/mol. The zero-order valence-electron chi connectivity index (χ0n) is 22.2. The molecule has 7 nitrogen and oxygen atoms in total. The fourth-order valence-corrected chi connectivity index (χ4v) is 4.79. The quantitative estimate of drug-likeness (QED) is 0.406. The maximum absolute atomic E-state index is 12.8. The number of nitrogens with two attached hydrogens (primary N) is 1. The first kappa shape index (κ1) is 30.0. The number of aliphatic carboxylic acids is 1. The van der Waals surface area contributed by atoms with Gasteiger partial charge in [0.2, 0.25) is 11.8 Å². The van der Waals surface area contributed by atoms with Crippen LogP contribution in [-0.4, -0.2) is 45.8 Å². The van der Waals surface area contributed by atoms with E-state index in [2.05, 4.69) is 29.6 Å². The van der Waals surface area contributed by atoms with Crippen LogP contribution in [0.5, 0.6) is 0 Å². The SMILES string of the molecule is CC(F)(F)C(=O)O.NC(C(=O)N[C@H](/C=C/C(=O)N1Cc2ccccc2C1)CCc1ccccc1)C1CCCC1. The van der Waals surface area contributed by atoms with Gasteiger partial charge in [-0.25, -0.2) is 4.79 Å². The average Bonchev–Trinajstić information content (AvgIpc) is 3.60. The molecule has 210 valence electrons. The monoisotopic (exact) mass is 541 g/mol. The van der Waals surface area contributed by atoms with E-state index in [1.165, 1.54) is 16.7 Å². The smallest absolute Gasteiger partial charge is 0.374 e. The third-order valence-corrected chi connectivity index (χ3v) is 7.12. The van der Waals surface area contributed by atoms with Gasteiger partial charge in [-0.3, -0.25) is 9.59 Å². The summed E-state index contributed by atoms with van der Waals surface area (Å²) >= 11 is 0. The number of halogens is 2. The van der Waals surface area contributed by atoms with Crippen molar-refractivity contribution in [1.29, 1.82) is 0 Å². The molecule has 0 aromatic heterocycles. The summed E-state index contributed by atoms with van der Waals surface area (Å²) in [7, 11) is 0. The average molecular weight is 542 g/mol. The number of nitrogens with zero attached hydrogens (tertiary/aromatic N) is 1. The van der Waals surface area contributed by atoms with E-state index in [9.17, 15) is 23.2 Å². The summed E-state index contributed by atoms with van der Waals surface area (Å²) in [6, 6.07) is 17.6. The first-order valence-electron chi connectivity index (χ1n) is 13.3. The molecule has 0 bridgehead atoms. The maximum atomic E-state index is 12.8. The molecule has 2 amide bonds. The molecule has 1 unspecified atom stereocenters. The fraction of sp³-hybridized carbons (Fsp3) is 0.433. The molecule has 2 aromatic rings. The molecule has 4 N–H and O–H groups in total. The summed E-state index contributed by atoms with van der Waals surface area (Å²) in [5.41, 5.74) is 9.88. The van der Waals surface area contributed by atoms with Gasteiger partial charge in [-0.2, -0.15) is 8.78 Å². The standard InChI is InChI=1S/C27H33N3O2.C3H4F2O2/c28-26(21-10-4-5-11-21)27(32)29-24(15-14-20-8-2-1-3-9-20)16-17-25(31)30-18-22-12-6-7-13-23(22)19-30;1-3(4,5)2(6)7/h1-3,6-9,12-13,16-17,21,24,26H,4-5,10-11,14-15,18-19,28H2,(H,29,32);1H3,(H,6,7)/b17-16+;/t24-,26?;/m0./s1. The summed E-state index contributed by atoms with van der Waals surface area (Å²) in [6.07, 6.45) is 9.33. The molecule has 0 saturated heterocycles. The van der Waals surface area contributed by atoms with Crippen LogP contribution < -0.4 is 11.1 Å². The lowest BCUT2D eigenvalue weighted by molar-refractivity contribution is -0.161. The van der Waals surface area contributed by atoms with E-state index in [1.54, 1.807) is 6.08 Å². The van der Waals surface area contributed by atoms with Crippen LogP contribution in [0.4, 0.5) is 8.78 Å². The molecule has 39 heavy (non-hydrogen) atoms. The van der Waals surface area contributed by atoms with Crippen LogP contribution in [-0.2, 0) is 33.9 Å². The minimum atomic E-state index is -3.58. The Labute approximate surface area is 228 Å². The number of nitrogens with one attached hydrogen (secondary N) is 1. The van der Waals surface area contributed by atoms with E-state index in [0.29, 0.717) is 20.0 Å². The highest BCUT2D eigenvalue weighted by Gasteiger charge is 2.31. The van der Waals surface area contributed by atoms with Crippen LogP contribution in [0.15, 0.2) is 66.7 Å². The number of hydrogen-bond acceptors (Lipinski definition) is 4. The van der Waals surface area contributed by atoms with Crippen LogP contribution >= 0.6 is 0 Å². The predicted molar refractivity (Wildman–Crippen MR) is 145 cm³/mol. The second kappa shape index (κ2) is 14.0. The van der Waals surface area contributed by atoms with Gasteiger partial charge in [0.05, 0.1) is 6.04 Å². The largest absolute Gasteiger partial charge is 0.477 e. The van der Waals surface area contributed by atoms with Gasteiger partial charge in [0.1, 0.15) is 0 Å². The Hall–Kier alpha value is -3.59. The third kappa shape index (κ3) is 9.28. The summed E-state index contributed by atoms with van der Waals surface area (Å²) in [6.45, 7) is 1.59. The molecule has 2 atom stereocenters. The van der Waals surface area contributed by atoms with Gasteiger partial charge in [-0.05, 0) is 48.3 Å². The van der Waals surface area contributed by atoms with E-state index in [4.69, 9.17) is 10.8 Å². The number of carboxylic acid groups (broad SMARTS) is 1. The number of rotatable bonds is 9. The summed E-state index contributed by atoms with van der Waals surface area (Å²) < 4.78 is 22.5. The lowest BCUT2D eigenvalue weighted by atomic mass is 9.97. The van der Waals surface area contributed by atoms with Crippen molar-refractivity contribution in [3.05, 3.63) is 83.4 Å². The second-order valence-electron chi connectivity index (χ2n) is 10.2. The molecule has 4 rings (SSSR count). The minimum absolute atomic E-state index is 0.0275. The number of aryl methyl sites for hydroxylation is 1. The number of carboxylic acids is 1. The van der Waals surface area contributed by atoms with E-state index < -0.39 is 17.9 Å². The van der Waals surface area contributed by atoms with Crippen molar-refractivity contribution in [2.75, 3.05) is 0 Å². The van der Waals surface area contributed by atoms with Crippen molar-refractivity contribution in [3.63, 3.8) is 0 Å². The molecule has 1 aliphatic carbocycles. The molecule has 1 heterocycles. The Morgan fingerprint density at radius 3 is 2.13 bits per heavy atom.